The maximum atomic E-state index is 11.5. The second kappa shape index (κ2) is 9.68. The van der Waals surface area contributed by atoms with Crippen molar-refractivity contribution in [3.63, 3.8) is 0 Å². The molecule has 0 radical (unpaired) electrons. The Bertz CT molecular complexity index is 740. The summed E-state index contributed by atoms with van der Waals surface area (Å²) in [5.74, 6) is 1.47. The maximum absolute atomic E-state index is 11.5. The molecule has 3 aliphatic carbocycles. The average Bonchev–Trinajstić information content (AvgIpc) is 2.93. The van der Waals surface area contributed by atoms with E-state index >= 15 is 0 Å². The Kier molecular flexibility index (Phi) is 7.80. The van der Waals surface area contributed by atoms with Crippen molar-refractivity contribution >= 4 is 16.3 Å². The Hall–Kier alpha value is -0.660. The fourth-order valence-corrected chi connectivity index (χ4v) is 8.20. The van der Waals surface area contributed by atoms with Crippen LogP contribution in [0.3, 0.4) is 0 Å². The van der Waals surface area contributed by atoms with E-state index in [4.69, 9.17) is 5.11 Å². The summed E-state index contributed by atoms with van der Waals surface area (Å²) in [4.78, 5) is 11.0. The van der Waals surface area contributed by atoms with Crippen LogP contribution in [0.2, 0.25) is 0 Å². The first kappa shape index (κ1) is 25.0. The second-order valence-electron chi connectivity index (χ2n) is 11.4. The highest BCUT2D eigenvalue weighted by Gasteiger charge is 2.50. The Morgan fingerprint density at radius 3 is 2.48 bits per heavy atom. The fourth-order valence-electron chi connectivity index (χ4n) is 7.58. The van der Waals surface area contributed by atoms with Gasteiger partial charge in [0, 0.05) is 12.5 Å². The van der Waals surface area contributed by atoms with Crippen LogP contribution in [0.1, 0.15) is 104 Å². The fraction of sp³-hybridized carbons (Fsp3) is 0.958. The zero-order chi connectivity index (χ0) is 22.9. The molecule has 3 aliphatic rings. The smallest absolute Gasteiger partial charge is 0.333 e. The monoisotopic (exact) mass is 457 g/mol. The molecule has 6 nitrogen and oxygen atoms in total. The van der Waals surface area contributed by atoms with Crippen molar-refractivity contribution < 1.29 is 22.9 Å². The van der Waals surface area contributed by atoms with Crippen LogP contribution in [0, 0.1) is 34.5 Å². The van der Waals surface area contributed by atoms with E-state index in [-0.39, 0.29) is 23.3 Å². The summed E-state index contributed by atoms with van der Waals surface area (Å²) < 4.78 is 34.9. The topological polar surface area (TPSA) is 104 Å². The number of fused-ring (bicyclic) bond motifs is 1. The molecule has 0 bridgehead atoms. The molecule has 0 spiro atoms. The van der Waals surface area contributed by atoms with E-state index in [1.54, 1.807) is 0 Å². The first-order valence-electron chi connectivity index (χ1n) is 12.4. The molecule has 4 unspecified atom stereocenters. The van der Waals surface area contributed by atoms with E-state index in [2.05, 4.69) is 25.5 Å². The third-order valence-electron chi connectivity index (χ3n) is 9.82. The first-order chi connectivity index (χ1) is 14.4. The van der Waals surface area contributed by atoms with Gasteiger partial charge in [-0.1, -0.05) is 33.6 Å². The molecule has 0 aromatic heterocycles. The van der Waals surface area contributed by atoms with E-state index in [1.165, 1.54) is 32.1 Å². The van der Waals surface area contributed by atoms with Crippen LogP contribution in [-0.2, 0) is 15.1 Å². The summed E-state index contributed by atoms with van der Waals surface area (Å²) in [6.45, 7) is 7.19. The molecule has 0 saturated heterocycles. The number of carbonyl (C=O) groups is 1. The molecule has 0 aromatic carbocycles. The van der Waals surface area contributed by atoms with E-state index < -0.39 is 16.3 Å². The van der Waals surface area contributed by atoms with E-state index in [1.807, 2.05) is 0 Å². The standard InChI is InChI=1S/C24H43NO5S/c1-17-10-11-18(8-6-9-22(26)27)23(17,2)14-12-20-16-21(25-31(28,29)30)15-19-7-4-5-13-24(19,20)3/h17-21,25H,4-16H2,1-3H3,(H,26,27)(H,28,29,30)/t17-,18+,19?,20+,21?,23?,24?/m1/s1. The van der Waals surface area contributed by atoms with Gasteiger partial charge in [0.25, 0.3) is 0 Å². The number of carboxylic acid groups (broad SMARTS) is 1. The Morgan fingerprint density at radius 1 is 1.06 bits per heavy atom. The summed E-state index contributed by atoms with van der Waals surface area (Å²) in [6, 6.07) is -0.170. The second-order valence-corrected chi connectivity index (χ2v) is 12.6. The molecule has 3 rings (SSSR count). The molecule has 31 heavy (non-hydrogen) atoms. The van der Waals surface area contributed by atoms with Gasteiger partial charge in [-0.15, -0.1) is 0 Å². The van der Waals surface area contributed by atoms with Gasteiger partial charge in [0.2, 0.25) is 0 Å². The number of hydrogen-bond acceptors (Lipinski definition) is 3. The third kappa shape index (κ3) is 5.83. The minimum absolute atomic E-state index is 0.170. The molecule has 0 aromatic rings. The minimum atomic E-state index is -4.18. The summed E-state index contributed by atoms with van der Waals surface area (Å²) in [7, 11) is -4.18. The van der Waals surface area contributed by atoms with Crippen molar-refractivity contribution in [3.05, 3.63) is 0 Å². The van der Waals surface area contributed by atoms with E-state index in [0.29, 0.717) is 23.7 Å². The van der Waals surface area contributed by atoms with Crippen LogP contribution < -0.4 is 4.72 Å². The van der Waals surface area contributed by atoms with Crippen LogP contribution in [-0.4, -0.2) is 30.1 Å². The molecule has 180 valence electrons. The van der Waals surface area contributed by atoms with Gasteiger partial charge in [0.15, 0.2) is 0 Å². The molecular weight excluding hydrogens is 414 g/mol. The largest absolute Gasteiger partial charge is 0.481 e. The summed E-state index contributed by atoms with van der Waals surface area (Å²) >= 11 is 0. The molecule has 0 heterocycles. The van der Waals surface area contributed by atoms with Crippen molar-refractivity contribution in [1.82, 2.24) is 4.72 Å². The van der Waals surface area contributed by atoms with Crippen molar-refractivity contribution in [2.75, 3.05) is 0 Å². The summed E-state index contributed by atoms with van der Waals surface area (Å²) in [5, 5.41) is 9.02. The molecule has 3 fully saturated rings. The van der Waals surface area contributed by atoms with Crippen molar-refractivity contribution in [1.29, 1.82) is 0 Å². The number of nitrogens with one attached hydrogen (secondary N) is 1. The molecule has 7 atom stereocenters. The minimum Gasteiger partial charge on any atom is -0.481 e. The van der Waals surface area contributed by atoms with Crippen molar-refractivity contribution in [3.8, 4) is 0 Å². The normalized spacial score (nSPS) is 41.1. The third-order valence-corrected chi connectivity index (χ3v) is 10.4. The van der Waals surface area contributed by atoms with Crippen LogP contribution in [0.4, 0.5) is 0 Å². The number of carboxylic acids is 1. The number of aliphatic carboxylic acids is 1. The molecular formula is C24H43NO5S. The Balaban J connectivity index is 1.70. The van der Waals surface area contributed by atoms with Gasteiger partial charge in [-0.2, -0.15) is 13.1 Å². The predicted molar refractivity (Wildman–Crippen MR) is 122 cm³/mol. The van der Waals surface area contributed by atoms with Gasteiger partial charge in [-0.3, -0.25) is 9.35 Å². The van der Waals surface area contributed by atoms with Crippen LogP contribution >= 0.6 is 0 Å². The average molecular weight is 458 g/mol. The van der Waals surface area contributed by atoms with Crippen LogP contribution in [0.15, 0.2) is 0 Å². The van der Waals surface area contributed by atoms with E-state index in [0.717, 1.165) is 44.9 Å². The molecule has 3 saturated carbocycles. The number of rotatable bonds is 9. The van der Waals surface area contributed by atoms with Crippen LogP contribution in [0.25, 0.3) is 0 Å². The maximum Gasteiger partial charge on any atom is 0.333 e. The highest BCUT2D eigenvalue weighted by Crippen LogP contribution is 2.58. The Labute approximate surface area is 188 Å². The summed E-state index contributed by atoms with van der Waals surface area (Å²) in [5.41, 5.74) is 0.481. The van der Waals surface area contributed by atoms with Crippen molar-refractivity contribution in [2.45, 2.75) is 110 Å². The highest BCUT2D eigenvalue weighted by molar-refractivity contribution is 7.83. The van der Waals surface area contributed by atoms with Gasteiger partial charge in [-0.25, -0.2) is 0 Å². The lowest BCUT2D eigenvalue weighted by Crippen LogP contribution is -2.50. The molecule has 0 amide bonds. The SMILES string of the molecule is C[C@@H]1CC[C@H](CCCC(=O)O)C1(C)CC[C@H]1CC(NS(=O)(=O)O)CC2CCCCC21C. The van der Waals surface area contributed by atoms with E-state index in [9.17, 15) is 17.8 Å². The van der Waals surface area contributed by atoms with Gasteiger partial charge in [-0.05, 0) is 98.7 Å². The zero-order valence-electron chi connectivity index (χ0n) is 19.6. The molecule has 7 heteroatoms. The lowest BCUT2D eigenvalue weighted by Gasteiger charge is -2.53. The zero-order valence-corrected chi connectivity index (χ0v) is 20.4. The quantitative estimate of drug-likeness (QED) is 0.400. The van der Waals surface area contributed by atoms with Gasteiger partial charge >= 0.3 is 16.3 Å². The van der Waals surface area contributed by atoms with Gasteiger partial charge < -0.3 is 5.11 Å². The van der Waals surface area contributed by atoms with Crippen LogP contribution in [0.5, 0.6) is 0 Å². The predicted octanol–water partition coefficient (Wildman–Crippen LogP) is 5.44. The lowest BCUT2D eigenvalue weighted by molar-refractivity contribution is -0.137. The number of hydrogen-bond donors (Lipinski definition) is 3. The first-order valence-corrected chi connectivity index (χ1v) is 13.8. The lowest BCUT2D eigenvalue weighted by atomic mass is 9.53. The molecule has 0 aliphatic heterocycles. The molecule has 3 N–H and O–H groups in total. The van der Waals surface area contributed by atoms with Gasteiger partial charge in [0.1, 0.15) is 0 Å². The Morgan fingerprint density at radius 2 is 1.81 bits per heavy atom. The highest BCUT2D eigenvalue weighted by atomic mass is 32.2. The summed E-state index contributed by atoms with van der Waals surface area (Å²) in [6.07, 6.45) is 13.1. The van der Waals surface area contributed by atoms with Crippen molar-refractivity contribution in [2.24, 2.45) is 34.5 Å². The van der Waals surface area contributed by atoms with Gasteiger partial charge in [0.05, 0.1) is 0 Å².